The number of furan rings is 1. The van der Waals surface area contributed by atoms with E-state index in [0.717, 1.165) is 17.3 Å². The van der Waals surface area contributed by atoms with Crippen molar-refractivity contribution in [3.8, 4) is 22.7 Å². The second kappa shape index (κ2) is 9.13. The quantitative estimate of drug-likeness (QED) is 0.246. The van der Waals surface area contributed by atoms with Crippen molar-refractivity contribution in [2.45, 2.75) is 5.16 Å². The third-order valence-electron chi connectivity index (χ3n) is 4.32. The maximum absolute atomic E-state index is 11.8. The van der Waals surface area contributed by atoms with Crippen LogP contribution in [0.5, 0.6) is 0 Å². The first-order valence-electron chi connectivity index (χ1n) is 9.14. The van der Waals surface area contributed by atoms with E-state index in [9.17, 15) is 19.8 Å². The third kappa shape index (κ3) is 4.74. The van der Waals surface area contributed by atoms with Gasteiger partial charge in [0.1, 0.15) is 16.4 Å². The normalized spacial score (nSPS) is 11.5. The van der Waals surface area contributed by atoms with E-state index in [1.807, 2.05) is 0 Å². The maximum Gasteiger partial charge on any atom is 0.342 e. The monoisotopic (exact) mass is 467 g/mol. The fraction of sp³-hybridized carbons (Fsp3) is 0. The lowest BCUT2D eigenvalue weighted by atomic mass is 10.1. The molecular formula is C22H14ClN3O5S. The zero-order chi connectivity index (χ0) is 22.7. The van der Waals surface area contributed by atoms with E-state index >= 15 is 0 Å². The van der Waals surface area contributed by atoms with Crippen molar-refractivity contribution in [3.05, 3.63) is 81.9 Å². The van der Waals surface area contributed by atoms with E-state index in [-0.39, 0.29) is 21.4 Å². The van der Waals surface area contributed by atoms with Gasteiger partial charge in [-0.05, 0) is 54.2 Å². The van der Waals surface area contributed by atoms with Crippen molar-refractivity contribution < 1.29 is 24.2 Å². The molecule has 3 N–H and O–H groups in total. The molecule has 10 heteroatoms. The van der Waals surface area contributed by atoms with Crippen LogP contribution in [0.4, 0.5) is 0 Å². The number of hydrogen-bond acceptors (Lipinski definition) is 6. The van der Waals surface area contributed by atoms with Crippen LogP contribution in [0.15, 0.2) is 75.1 Å². The Hall–Kier alpha value is -3.82. The van der Waals surface area contributed by atoms with Gasteiger partial charge in [0.25, 0.3) is 0 Å². The first-order chi connectivity index (χ1) is 15.4. The van der Waals surface area contributed by atoms with Crippen molar-refractivity contribution in [2.75, 3.05) is 0 Å². The van der Waals surface area contributed by atoms with Gasteiger partial charge in [-0.2, -0.15) is 0 Å². The topological polar surface area (TPSA) is 129 Å². The Morgan fingerprint density at radius 1 is 1.03 bits per heavy atom. The van der Waals surface area contributed by atoms with Gasteiger partial charge in [0, 0.05) is 22.2 Å². The van der Waals surface area contributed by atoms with Gasteiger partial charge in [-0.15, -0.1) is 5.10 Å². The summed E-state index contributed by atoms with van der Waals surface area (Å²) in [7, 11) is 0. The summed E-state index contributed by atoms with van der Waals surface area (Å²) in [5.41, 5.74) is 1.23. The van der Waals surface area contributed by atoms with E-state index < -0.39 is 11.9 Å². The number of carbonyl (C=O) groups is 2. The van der Waals surface area contributed by atoms with Crippen LogP contribution < -0.4 is 0 Å². The lowest BCUT2D eigenvalue weighted by Crippen LogP contribution is -1.98. The predicted molar refractivity (Wildman–Crippen MR) is 119 cm³/mol. The van der Waals surface area contributed by atoms with Gasteiger partial charge in [0.2, 0.25) is 5.16 Å². The van der Waals surface area contributed by atoms with Crippen LogP contribution in [-0.4, -0.2) is 37.3 Å². The Bertz CT molecular complexity index is 1330. The maximum atomic E-state index is 11.8. The van der Waals surface area contributed by atoms with Crippen LogP contribution in [0.1, 0.15) is 16.1 Å². The highest BCUT2D eigenvalue weighted by atomic mass is 35.5. The van der Waals surface area contributed by atoms with E-state index in [1.165, 1.54) is 12.1 Å². The van der Waals surface area contributed by atoms with Crippen molar-refractivity contribution >= 4 is 41.4 Å². The molecule has 2 aromatic heterocycles. The summed E-state index contributed by atoms with van der Waals surface area (Å²) in [5.74, 6) is -1.24. The fourth-order valence-corrected chi connectivity index (χ4v) is 3.66. The number of benzene rings is 2. The summed E-state index contributed by atoms with van der Waals surface area (Å²) in [6.07, 6.45) is 1.33. The Morgan fingerprint density at radius 3 is 2.50 bits per heavy atom. The first kappa shape index (κ1) is 21.4. The van der Waals surface area contributed by atoms with Crippen LogP contribution in [0, 0.1) is 0 Å². The Balaban J connectivity index is 1.58. The van der Waals surface area contributed by atoms with E-state index in [4.69, 9.17) is 16.0 Å². The second-order valence-electron chi connectivity index (χ2n) is 6.44. The van der Waals surface area contributed by atoms with E-state index in [1.54, 1.807) is 54.6 Å². The highest BCUT2D eigenvalue weighted by Crippen LogP contribution is 2.31. The van der Waals surface area contributed by atoms with Gasteiger partial charge in [0.05, 0.1) is 5.56 Å². The number of hydrogen-bond donors (Lipinski definition) is 3. The number of nitrogens with zero attached hydrogens (tertiary/aromatic N) is 2. The van der Waals surface area contributed by atoms with Gasteiger partial charge in [-0.3, -0.25) is 5.10 Å². The largest absolute Gasteiger partial charge is 0.478 e. The van der Waals surface area contributed by atoms with Gasteiger partial charge < -0.3 is 14.6 Å². The molecule has 0 atom stereocenters. The van der Waals surface area contributed by atoms with Crippen LogP contribution in [0.3, 0.4) is 0 Å². The number of H-pyrrole nitrogens is 1. The molecule has 0 aliphatic rings. The minimum absolute atomic E-state index is 0.0703. The molecule has 160 valence electrons. The molecule has 0 aliphatic heterocycles. The van der Waals surface area contributed by atoms with Crippen LogP contribution in [0.2, 0.25) is 5.02 Å². The molecular weight excluding hydrogens is 454 g/mol. The second-order valence-corrected chi connectivity index (χ2v) is 7.89. The summed E-state index contributed by atoms with van der Waals surface area (Å²) >= 11 is 6.74. The first-order valence-corrected chi connectivity index (χ1v) is 10.3. The van der Waals surface area contributed by atoms with E-state index in [0.29, 0.717) is 22.2 Å². The molecule has 0 saturated carbocycles. The smallest absolute Gasteiger partial charge is 0.342 e. The summed E-state index contributed by atoms with van der Waals surface area (Å²) in [5, 5.41) is 26.6. The summed E-state index contributed by atoms with van der Waals surface area (Å²) in [4.78, 5) is 27.4. The molecule has 0 saturated heterocycles. The number of aromatic nitrogens is 3. The molecule has 0 unspecified atom stereocenters. The number of nitrogens with one attached hydrogen (secondary N) is 1. The van der Waals surface area contributed by atoms with Gasteiger partial charge >= 0.3 is 11.9 Å². The standard InChI is InChI=1S/C22H14ClN3O5S/c23-13-7-5-12(6-8-13)19-24-22(26-25-19)32-18(21(29)30)11-14-9-10-17(31-14)15-3-1-2-4-16(15)20(27)28/h1-11H,(H,27,28)(H,29,30)(H,24,25,26)/b18-11-. The molecule has 0 bridgehead atoms. The number of rotatable bonds is 7. The van der Waals surface area contributed by atoms with Crippen molar-refractivity contribution in [2.24, 2.45) is 0 Å². The SMILES string of the molecule is O=C(O)/C(=C/c1ccc(-c2ccccc2C(=O)O)o1)Sc1n[nH]c(-c2ccc(Cl)cc2)n1. The lowest BCUT2D eigenvalue weighted by molar-refractivity contribution is -0.131. The molecule has 2 heterocycles. The van der Waals surface area contributed by atoms with Gasteiger partial charge in [0.15, 0.2) is 5.82 Å². The highest BCUT2D eigenvalue weighted by molar-refractivity contribution is 8.04. The minimum atomic E-state index is -1.18. The van der Waals surface area contributed by atoms with Gasteiger partial charge in [-0.1, -0.05) is 29.8 Å². The molecule has 0 spiro atoms. The number of carboxylic acid groups (broad SMARTS) is 2. The molecule has 32 heavy (non-hydrogen) atoms. The molecule has 4 aromatic rings. The summed E-state index contributed by atoms with van der Waals surface area (Å²) in [6.45, 7) is 0. The highest BCUT2D eigenvalue weighted by Gasteiger charge is 2.17. The van der Waals surface area contributed by atoms with Gasteiger partial charge in [-0.25, -0.2) is 14.6 Å². The van der Waals surface area contributed by atoms with Crippen molar-refractivity contribution in [3.63, 3.8) is 0 Å². The lowest BCUT2D eigenvalue weighted by Gasteiger charge is -2.02. The van der Waals surface area contributed by atoms with Crippen LogP contribution in [0.25, 0.3) is 28.8 Å². The number of aromatic amines is 1. The molecule has 0 aliphatic carbocycles. The van der Waals surface area contributed by atoms with Crippen LogP contribution in [-0.2, 0) is 4.79 Å². The Kier molecular flexibility index (Phi) is 6.11. The average molecular weight is 468 g/mol. The Morgan fingerprint density at radius 2 is 1.78 bits per heavy atom. The summed E-state index contributed by atoms with van der Waals surface area (Å²) < 4.78 is 5.69. The van der Waals surface area contributed by atoms with Crippen LogP contribution >= 0.6 is 23.4 Å². The predicted octanol–water partition coefficient (Wildman–Crippen LogP) is 5.30. The number of halogens is 1. The zero-order valence-electron chi connectivity index (χ0n) is 16.2. The number of aliphatic carboxylic acids is 1. The molecule has 0 amide bonds. The number of aromatic carboxylic acids is 1. The molecule has 4 rings (SSSR count). The number of carboxylic acids is 2. The minimum Gasteiger partial charge on any atom is -0.478 e. The zero-order valence-corrected chi connectivity index (χ0v) is 17.7. The molecule has 0 fully saturated rings. The molecule has 8 nitrogen and oxygen atoms in total. The van der Waals surface area contributed by atoms with E-state index in [2.05, 4.69) is 15.2 Å². The van der Waals surface area contributed by atoms with Crippen molar-refractivity contribution in [1.82, 2.24) is 15.2 Å². The number of thioether (sulfide) groups is 1. The Labute approximate surface area is 190 Å². The third-order valence-corrected chi connectivity index (χ3v) is 5.45. The molecule has 0 radical (unpaired) electrons. The van der Waals surface area contributed by atoms with Crippen molar-refractivity contribution in [1.29, 1.82) is 0 Å². The molecule has 2 aromatic carbocycles. The fourth-order valence-electron chi connectivity index (χ4n) is 2.85. The average Bonchev–Trinajstić information content (AvgIpc) is 3.43. The summed E-state index contributed by atoms with van der Waals surface area (Å²) in [6, 6.07) is 16.5.